The van der Waals surface area contributed by atoms with Gasteiger partial charge in [-0.15, -0.1) is 0 Å². The minimum absolute atomic E-state index is 0.0105. The highest BCUT2D eigenvalue weighted by Gasteiger charge is 2.23. The van der Waals surface area contributed by atoms with E-state index in [0.717, 1.165) is 25.8 Å². The van der Waals surface area contributed by atoms with Crippen LogP contribution in [0.25, 0.3) is 0 Å². The summed E-state index contributed by atoms with van der Waals surface area (Å²) in [5, 5.41) is 3.68. The van der Waals surface area contributed by atoms with E-state index in [2.05, 4.69) is 5.32 Å². The van der Waals surface area contributed by atoms with Crippen LogP contribution in [-0.4, -0.2) is 13.7 Å². The molecule has 4 heteroatoms. The molecule has 0 amide bonds. The summed E-state index contributed by atoms with van der Waals surface area (Å²) in [7, 11) is 1.54. The number of methoxy groups -OCH3 is 1. The first-order chi connectivity index (χ1) is 7.74. The Balaban J connectivity index is 2.37. The van der Waals surface area contributed by atoms with E-state index in [1.807, 2.05) is 0 Å². The Bertz CT molecular complexity index is 378. The Morgan fingerprint density at radius 2 is 2.25 bits per heavy atom. The van der Waals surface area contributed by atoms with Crippen molar-refractivity contribution < 1.29 is 9.13 Å². The predicted octanol–water partition coefficient (Wildman–Crippen LogP) is 3.30. The molecule has 0 bridgehead atoms. The van der Waals surface area contributed by atoms with E-state index in [1.165, 1.54) is 13.2 Å². The lowest BCUT2D eigenvalue weighted by Gasteiger charge is -2.25. The zero-order valence-electron chi connectivity index (χ0n) is 9.22. The van der Waals surface area contributed by atoms with E-state index in [4.69, 9.17) is 16.3 Å². The molecule has 1 aliphatic heterocycles. The van der Waals surface area contributed by atoms with Crippen LogP contribution in [0.15, 0.2) is 12.1 Å². The maximum Gasteiger partial charge on any atom is 0.138 e. The Kier molecular flexibility index (Phi) is 3.66. The van der Waals surface area contributed by atoms with Crippen molar-refractivity contribution in [1.82, 2.24) is 5.32 Å². The van der Waals surface area contributed by atoms with Crippen LogP contribution in [0.4, 0.5) is 4.39 Å². The summed E-state index contributed by atoms with van der Waals surface area (Å²) in [6.45, 7) is 0.914. The average molecular weight is 244 g/mol. The van der Waals surface area contributed by atoms with Crippen LogP contribution < -0.4 is 10.1 Å². The van der Waals surface area contributed by atoms with Crippen LogP contribution in [0.2, 0.25) is 5.02 Å². The molecule has 1 atom stereocenters. The summed E-state index contributed by atoms with van der Waals surface area (Å²) < 4.78 is 18.9. The van der Waals surface area contributed by atoms with Crippen LogP contribution >= 0.6 is 11.6 Å². The van der Waals surface area contributed by atoms with Crippen molar-refractivity contribution in [2.75, 3.05) is 13.7 Å². The second-order valence-electron chi connectivity index (χ2n) is 3.98. The molecule has 16 heavy (non-hydrogen) atoms. The first-order valence-corrected chi connectivity index (χ1v) is 5.87. The molecule has 1 N–H and O–H groups in total. The number of nitrogens with one attached hydrogen (secondary N) is 1. The van der Waals surface area contributed by atoms with E-state index < -0.39 is 0 Å². The molecule has 0 saturated carbocycles. The topological polar surface area (TPSA) is 21.3 Å². The highest BCUT2D eigenvalue weighted by Crippen LogP contribution is 2.36. The summed E-state index contributed by atoms with van der Waals surface area (Å²) >= 11 is 6.14. The molecule has 0 aromatic heterocycles. The molecular weight excluding hydrogens is 229 g/mol. The van der Waals surface area contributed by atoms with Gasteiger partial charge in [0.1, 0.15) is 11.6 Å². The van der Waals surface area contributed by atoms with Crippen molar-refractivity contribution in [3.05, 3.63) is 28.5 Å². The normalized spacial score (nSPS) is 20.8. The minimum Gasteiger partial charge on any atom is -0.495 e. The number of ether oxygens (including phenoxy) is 1. The molecule has 1 aromatic rings. The number of benzene rings is 1. The summed E-state index contributed by atoms with van der Waals surface area (Å²) in [4.78, 5) is 0. The van der Waals surface area contributed by atoms with Crippen LogP contribution in [0.3, 0.4) is 0 Å². The molecular formula is C12H15ClFNO. The Labute approximate surface area is 99.7 Å². The standard InChI is InChI=1S/C12H15ClFNO/c1-16-10-6-5-8(14)11(12(10)13)9-4-2-3-7-15-9/h5-6,9,15H,2-4,7H2,1H3. The highest BCUT2D eigenvalue weighted by molar-refractivity contribution is 6.32. The van der Waals surface area contributed by atoms with Crippen LogP contribution in [-0.2, 0) is 0 Å². The molecule has 0 radical (unpaired) electrons. The predicted molar refractivity (Wildman–Crippen MR) is 62.6 cm³/mol. The molecule has 1 heterocycles. The number of hydrogen-bond donors (Lipinski definition) is 1. The quantitative estimate of drug-likeness (QED) is 0.861. The van der Waals surface area contributed by atoms with E-state index in [-0.39, 0.29) is 11.9 Å². The highest BCUT2D eigenvalue weighted by atomic mass is 35.5. The second-order valence-corrected chi connectivity index (χ2v) is 4.36. The van der Waals surface area contributed by atoms with Crippen LogP contribution in [0, 0.1) is 5.82 Å². The van der Waals surface area contributed by atoms with Crippen molar-refractivity contribution in [3.8, 4) is 5.75 Å². The van der Waals surface area contributed by atoms with Gasteiger partial charge in [-0.1, -0.05) is 18.0 Å². The number of piperidine rings is 1. The summed E-state index contributed by atoms with van der Waals surface area (Å²) in [5.41, 5.74) is 0.542. The number of rotatable bonds is 2. The summed E-state index contributed by atoms with van der Waals surface area (Å²) in [6, 6.07) is 2.98. The van der Waals surface area contributed by atoms with Gasteiger partial charge >= 0.3 is 0 Å². The van der Waals surface area contributed by atoms with Crippen molar-refractivity contribution in [1.29, 1.82) is 0 Å². The van der Waals surface area contributed by atoms with Gasteiger partial charge in [0.15, 0.2) is 0 Å². The molecule has 1 saturated heterocycles. The maximum absolute atomic E-state index is 13.8. The van der Waals surface area contributed by atoms with Gasteiger partial charge in [-0.05, 0) is 31.5 Å². The third-order valence-electron chi connectivity index (χ3n) is 2.97. The molecule has 1 fully saturated rings. The monoisotopic (exact) mass is 243 g/mol. The Morgan fingerprint density at radius 3 is 2.88 bits per heavy atom. The van der Waals surface area contributed by atoms with Crippen LogP contribution in [0.1, 0.15) is 30.9 Å². The van der Waals surface area contributed by atoms with E-state index in [1.54, 1.807) is 6.07 Å². The number of halogens is 2. The lowest BCUT2D eigenvalue weighted by atomic mass is 9.97. The van der Waals surface area contributed by atoms with Crippen LogP contribution in [0.5, 0.6) is 5.75 Å². The van der Waals surface area contributed by atoms with Gasteiger partial charge in [0.2, 0.25) is 0 Å². The Morgan fingerprint density at radius 1 is 1.44 bits per heavy atom. The van der Waals surface area contributed by atoms with Gasteiger partial charge in [-0.3, -0.25) is 0 Å². The molecule has 1 unspecified atom stereocenters. The van der Waals surface area contributed by atoms with Crippen molar-refractivity contribution >= 4 is 11.6 Å². The molecule has 88 valence electrons. The molecule has 1 aromatic carbocycles. The zero-order chi connectivity index (χ0) is 11.5. The lowest BCUT2D eigenvalue weighted by molar-refractivity contribution is 0.390. The summed E-state index contributed by atoms with van der Waals surface area (Å²) in [6.07, 6.45) is 3.16. The molecule has 1 aliphatic rings. The minimum atomic E-state index is -0.259. The largest absolute Gasteiger partial charge is 0.495 e. The fourth-order valence-corrected chi connectivity index (χ4v) is 2.49. The van der Waals surface area contributed by atoms with Crippen molar-refractivity contribution in [2.45, 2.75) is 25.3 Å². The van der Waals surface area contributed by atoms with E-state index >= 15 is 0 Å². The van der Waals surface area contributed by atoms with Gasteiger partial charge in [0.05, 0.1) is 12.1 Å². The van der Waals surface area contributed by atoms with Gasteiger partial charge < -0.3 is 10.1 Å². The smallest absolute Gasteiger partial charge is 0.138 e. The second kappa shape index (κ2) is 5.02. The molecule has 2 nitrogen and oxygen atoms in total. The van der Waals surface area contributed by atoms with E-state index in [9.17, 15) is 4.39 Å². The zero-order valence-corrected chi connectivity index (χ0v) is 9.98. The first kappa shape index (κ1) is 11.7. The maximum atomic E-state index is 13.8. The van der Waals surface area contributed by atoms with Crippen molar-refractivity contribution in [2.24, 2.45) is 0 Å². The molecule has 0 spiro atoms. The van der Waals surface area contributed by atoms with E-state index in [0.29, 0.717) is 16.3 Å². The summed E-state index contributed by atoms with van der Waals surface area (Å²) in [5.74, 6) is 0.274. The third kappa shape index (κ3) is 2.15. The SMILES string of the molecule is COc1ccc(F)c(C2CCCCN2)c1Cl. The van der Waals surface area contributed by atoms with Gasteiger partial charge in [0.25, 0.3) is 0 Å². The number of hydrogen-bond acceptors (Lipinski definition) is 2. The van der Waals surface area contributed by atoms with Crippen molar-refractivity contribution in [3.63, 3.8) is 0 Å². The lowest BCUT2D eigenvalue weighted by Crippen LogP contribution is -2.27. The third-order valence-corrected chi connectivity index (χ3v) is 3.36. The molecule has 2 rings (SSSR count). The van der Waals surface area contributed by atoms with Gasteiger partial charge in [0, 0.05) is 11.6 Å². The average Bonchev–Trinajstić information content (AvgIpc) is 2.31. The fraction of sp³-hybridized carbons (Fsp3) is 0.500. The Hall–Kier alpha value is -0.800. The van der Waals surface area contributed by atoms with Gasteiger partial charge in [-0.2, -0.15) is 0 Å². The first-order valence-electron chi connectivity index (χ1n) is 5.49. The van der Waals surface area contributed by atoms with Gasteiger partial charge in [-0.25, -0.2) is 4.39 Å². The fourth-order valence-electron chi connectivity index (χ4n) is 2.12. The molecule has 0 aliphatic carbocycles.